The molecule has 1 aromatic heterocycles. The normalized spacial score (nSPS) is 13.9. The second-order valence-corrected chi connectivity index (χ2v) is 7.90. The third-order valence-electron chi connectivity index (χ3n) is 5.00. The first kappa shape index (κ1) is 19.7. The second-order valence-electron chi connectivity index (χ2n) is 7.05. The summed E-state index contributed by atoms with van der Waals surface area (Å²) in [4.78, 5) is 2.73. The summed E-state index contributed by atoms with van der Waals surface area (Å²) in [5.74, 6) is -0.0883. The Balaban J connectivity index is 1.45. The number of aryl methyl sites for hydroxylation is 1. The average Bonchev–Trinajstić information content (AvgIpc) is 3.18. The van der Waals surface area contributed by atoms with Crippen molar-refractivity contribution in [1.29, 1.82) is 0 Å². The molecule has 1 fully saturated rings. The van der Waals surface area contributed by atoms with Crippen molar-refractivity contribution in [2.45, 2.75) is 31.3 Å². The van der Waals surface area contributed by atoms with Crippen molar-refractivity contribution < 1.29 is 13.3 Å². The van der Waals surface area contributed by atoms with E-state index in [9.17, 15) is 8.78 Å². The molecule has 0 radical (unpaired) electrons. The Hall–Kier alpha value is -2.58. The van der Waals surface area contributed by atoms with Crippen molar-refractivity contribution in [3.8, 4) is 0 Å². The summed E-state index contributed by atoms with van der Waals surface area (Å²) in [6.45, 7) is 5.04. The van der Waals surface area contributed by atoms with Gasteiger partial charge in [0.25, 0.3) is 0 Å². The molecule has 4 rings (SSSR count). The number of hydrogen-bond acceptors (Lipinski definition) is 6. The molecule has 0 amide bonds. The van der Waals surface area contributed by atoms with E-state index in [1.54, 1.807) is 18.2 Å². The predicted molar refractivity (Wildman–Crippen MR) is 111 cm³/mol. The lowest BCUT2D eigenvalue weighted by atomic mass is 10.0. The Bertz CT molecular complexity index is 977. The van der Waals surface area contributed by atoms with Crippen LogP contribution in [0.2, 0.25) is 0 Å². The quantitative estimate of drug-likeness (QED) is 0.493. The highest BCUT2D eigenvalue weighted by Crippen LogP contribution is 2.29. The van der Waals surface area contributed by atoms with Crippen molar-refractivity contribution in [2.75, 3.05) is 23.1 Å². The van der Waals surface area contributed by atoms with Crippen LogP contribution in [0.15, 0.2) is 52.1 Å². The Kier molecular flexibility index (Phi) is 6.01. The molecule has 0 spiro atoms. The predicted octanol–water partition coefficient (Wildman–Crippen LogP) is 5.20. The van der Waals surface area contributed by atoms with Crippen LogP contribution in [0.4, 0.5) is 20.3 Å². The van der Waals surface area contributed by atoms with E-state index in [-0.39, 0.29) is 11.6 Å². The Morgan fingerprint density at radius 1 is 1.17 bits per heavy atom. The Labute approximate surface area is 172 Å². The molecule has 1 aliphatic heterocycles. The van der Waals surface area contributed by atoms with Crippen molar-refractivity contribution in [3.05, 3.63) is 71.0 Å². The van der Waals surface area contributed by atoms with Gasteiger partial charge in [-0.3, -0.25) is 4.90 Å². The summed E-state index contributed by atoms with van der Waals surface area (Å²) >= 11 is 1.12. The first-order chi connectivity index (χ1) is 14.1. The molecule has 0 unspecified atom stereocenters. The summed E-state index contributed by atoms with van der Waals surface area (Å²) in [5.41, 5.74) is 3.12. The molecule has 0 atom stereocenters. The smallest absolute Gasteiger partial charge is 0.179 e. The van der Waals surface area contributed by atoms with Crippen molar-refractivity contribution in [1.82, 2.24) is 10.1 Å². The van der Waals surface area contributed by atoms with Crippen LogP contribution in [0, 0.1) is 18.6 Å². The fourth-order valence-corrected chi connectivity index (χ4v) is 3.92. The van der Waals surface area contributed by atoms with Gasteiger partial charge in [0, 0.05) is 30.4 Å². The lowest BCUT2D eigenvalue weighted by Crippen LogP contribution is -2.36. The largest absolute Gasteiger partial charge is 0.381 e. The minimum atomic E-state index is -0.367. The van der Waals surface area contributed by atoms with Gasteiger partial charge in [0.2, 0.25) is 0 Å². The van der Waals surface area contributed by atoms with Crippen molar-refractivity contribution in [3.63, 3.8) is 0 Å². The number of benzene rings is 2. The molecule has 1 saturated heterocycles. The zero-order chi connectivity index (χ0) is 20.2. The van der Waals surface area contributed by atoms with E-state index in [4.69, 9.17) is 4.52 Å². The molecule has 0 aliphatic carbocycles. The first-order valence-corrected chi connectivity index (χ1v) is 10.3. The van der Waals surface area contributed by atoms with Gasteiger partial charge in [0.1, 0.15) is 17.9 Å². The molecule has 2 aromatic carbocycles. The van der Waals surface area contributed by atoms with Crippen LogP contribution >= 0.6 is 11.9 Å². The molecule has 2 N–H and O–H groups in total. The Morgan fingerprint density at radius 3 is 2.76 bits per heavy atom. The minimum absolute atomic E-state index is 0.238. The summed E-state index contributed by atoms with van der Waals surface area (Å²) in [5, 5.41) is 6.93. The standard InChI is InChI=1S/C21H22F2N4OS/c1-14-10-20(29-26-21-6-9-28-25-21)18(23)11-19(14)24-12-16-15(4-2-5-17(16)22)13-27-7-3-8-27/h2,4-6,9-11,24H,3,7-8,12-13H2,1H3,(H,25,26). The molecular weight excluding hydrogens is 394 g/mol. The highest BCUT2D eigenvalue weighted by atomic mass is 32.2. The molecular formula is C21H22F2N4OS. The van der Waals surface area contributed by atoms with E-state index < -0.39 is 0 Å². The summed E-state index contributed by atoms with van der Waals surface area (Å²) in [6, 6.07) is 10.0. The molecule has 8 heteroatoms. The van der Waals surface area contributed by atoms with Crippen LogP contribution in [0.1, 0.15) is 23.1 Å². The highest BCUT2D eigenvalue weighted by molar-refractivity contribution is 8.00. The molecule has 3 aromatic rings. The van der Waals surface area contributed by atoms with Crippen molar-refractivity contribution in [2.24, 2.45) is 0 Å². The lowest BCUT2D eigenvalue weighted by molar-refractivity contribution is 0.172. The maximum atomic E-state index is 14.5. The number of nitrogens with one attached hydrogen (secondary N) is 2. The molecule has 5 nitrogen and oxygen atoms in total. The number of aromatic nitrogens is 1. The minimum Gasteiger partial charge on any atom is -0.381 e. The van der Waals surface area contributed by atoms with Gasteiger partial charge in [-0.05, 0) is 67.7 Å². The van der Waals surface area contributed by atoms with E-state index in [0.29, 0.717) is 28.5 Å². The van der Waals surface area contributed by atoms with E-state index in [0.717, 1.165) is 42.7 Å². The molecule has 152 valence electrons. The third-order valence-corrected chi connectivity index (χ3v) is 5.84. The highest BCUT2D eigenvalue weighted by Gasteiger charge is 2.17. The van der Waals surface area contributed by atoms with E-state index in [1.165, 1.54) is 24.8 Å². The maximum Gasteiger partial charge on any atom is 0.179 e. The van der Waals surface area contributed by atoms with E-state index in [2.05, 4.69) is 20.1 Å². The van der Waals surface area contributed by atoms with Crippen molar-refractivity contribution >= 4 is 23.5 Å². The van der Waals surface area contributed by atoms with E-state index >= 15 is 0 Å². The fourth-order valence-electron chi connectivity index (χ4n) is 3.21. The molecule has 2 heterocycles. The molecule has 29 heavy (non-hydrogen) atoms. The number of likely N-dealkylation sites (tertiary alicyclic amines) is 1. The lowest BCUT2D eigenvalue weighted by Gasteiger charge is -2.31. The fraction of sp³-hybridized carbons (Fsp3) is 0.286. The van der Waals surface area contributed by atoms with Gasteiger partial charge < -0.3 is 14.6 Å². The van der Waals surface area contributed by atoms with Gasteiger partial charge in [-0.25, -0.2) is 8.78 Å². The van der Waals surface area contributed by atoms with Crippen LogP contribution < -0.4 is 10.0 Å². The van der Waals surface area contributed by atoms with Gasteiger partial charge >= 0.3 is 0 Å². The maximum absolute atomic E-state index is 14.5. The van der Waals surface area contributed by atoms with Crippen LogP contribution in [-0.2, 0) is 13.1 Å². The number of halogens is 2. The summed E-state index contributed by atoms with van der Waals surface area (Å²) in [7, 11) is 0. The van der Waals surface area contributed by atoms with Gasteiger partial charge in [0.15, 0.2) is 5.82 Å². The Morgan fingerprint density at radius 2 is 2.03 bits per heavy atom. The van der Waals surface area contributed by atoms with Gasteiger partial charge in [0.05, 0.1) is 4.90 Å². The molecule has 1 aliphatic rings. The first-order valence-electron chi connectivity index (χ1n) is 9.46. The van der Waals surface area contributed by atoms with Crippen LogP contribution in [0.25, 0.3) is 0 Å². The van der Waals surface area contributed by atoms with Gasteiger partial charge in [-0.1, -0.05) is 17.3 Å². The molecule has 0 saturated carbocycles. The summed E-state index contributed by atoms with van der Waals surface area (Å²) < 4.78 is 36.7. The topological polar surface area (TPSA) is 53.3 Å². The number of rotatable bonds is 8. The SMILES string of the molecule is Cc1cc(SNc2ccon2)c(F)cc1NCc1c(F)cccc1CN1CCC1. The zero-order valence-corrected chi connectivity index (χ0v) is 16.9. The van der Waals surface area contributed by atoms with Gasteiger partial charge in [-0.15, -0.1) is 0 Å². The van der Waals surface area contributed by atoms with Crippen LogP contribution in [-0.4, -0.2) is 23.1 Å². The number of hydrogen-bond donors (Lipinski definition) is 2. The zero-order valence-electron chi connectivity index (χ0n) is 16.0. The molecule has 0 bridgehead atoms. The average molecular weight is 416 g/mol. The second kappa shape index (κ2) is 8.84. The van der Waals surface area contributed by atoms with Gasteiger partial charge in [-0.2, -0.15) is 0 Å². The van der Waals surface area contributed by atoms with E-state index in [1.807, 2.05) is 13.0 Å². The van der Waals surface area contributed by atoms with Crippen LogP contribution in [0.3, 0.4) is 0 Å². The number of anilines is 2. The monoisotopic (exact) mass is 416 g/mol. The van der Waals surface area contributed by atoms with Crippen LogP contribution in [0.5, 0.6) is 0 Å². The third kappa shape index (κ3) is 4.71. The summed E-state index contributed by atoms with van der Waals surface area (Å²) in [6.07, 6.45) is 2.63. The number of nitrogens with zero attached hydrogens (tertiary/aromatic N) is 2.